The van der Waals surface area contributed by atoms with Crippen LogP contribution in [0.4, 0.5) is 5.69 Å². The third-order valence-corrected chi connectivity index (χ3v) is 6.62. The Morgan fingerprint density at radius 3 is 2.25 bits per heavy atom. The molecule has 0 atom stereocenters. The Labute approximate surface area is 151 Å². The van der Waals surface area contributed by atoms with Crippen LogP contribution in [0.1, 0.15) is 25.0 Å². The number of benzene rings is 1. The highest BCUT2D eigenvalue weighted by Gasteiger charge is 2.18. The van der Waals surface area contributed by atoms with E-state index in [0.717, 1.165) is 41.0 Å². The van der Waals surface area contributed by atoms with E-state index in [4.69, 9.17) is 11.6 Å². The number of hydrogen-bond donors (Lipinski definition) is 2. The second-order valence-electron chi connectivity index (χ2n) is 5.09. The molecule has 0 aliphatic rings. The summed E-state index contributed by atoms with van der Waals surface area (Å²) in [5.41, 5.74) is 2.82. The lowest BCUT2D eigenvalue weighted by Gasteiger charge is -2.14. The van der Waals surface area contributed by atoms with E-state index in [1.165, 1.54) is 12.1 Å². The summed E-state index contributed by atoms with van der Waals surface area (Å²) in [5.74, 6) is -0.406. The van der Waals surface area contributed by atoms with Crippen LogP contribution in [-0.2, 0) is 27.7 Å². The molecule has 24 heavy (non-hydrogen) atoms. The minimum Gasteiger partial charge on any atom is -0.324 e. The molecule has 2 rings (SSSR count). The predicted octanol–water partition coefficient (Wildman–Crippen LogP) is 3.44. The zero-order chi connectivity index (χ0) is 17.7. The summed E-state index contributed by atoms with van der Waals surface area (Å²) in [5, 5.41) is 2.82. The van der Waals surface area contributed by atoms with Gasteiger partial charge in [-0.2, -0.15) is 0 Å². The van der Waals surface area contributed by atoms with Gasteiger partial charge in [-0.3, -0.25) is 4.79 Å². The van der Waals surface area contributed by atoms with Crippen molar-refractivity contribution in [1.29, 1.82) is 0 Å². The molecule has 0 radical (unpaired) electrons. The van der Waals surface area contributed by atoms with E-state index in [1.807, 2.05) is 32.0 Å². The number of nitrogens with one attached hydrogen (secondary N) is 2. The lowest BCUT2D eigenvalue weighted by Crippen LogP contribution is -2.33. The van der Waals surface area contributed by atoms with Crippen molar-refractivity contribution in [3.63, 3.8) is 0 Å². The summed E-state index contributed by atoms with van der Waals surface area (Å²) >= 11 is 6.70. The van der Waals surface area contributed by atoms with E-state index in [9.17, 15) is 13.2 Å². The van der Waals surface area contributed by atoms with Crippen LogP contribution >= 0.6 is 22.9 Å². The van der Waals surface area contributed by atoms with Crippen LogP contribution in [-0.4, -0.2) is 20.9 Å². The number of carbonyl (C=O) groups excluding carboxylic acids is 1. The van der Waals surface area contributed by atoms with Crippen molar-refractivity contribution in [3.05, 3.63) is 45.8 Å². The van der Waals surface area contributed by atoms with Crippen LogP contribution in [0.15, 0.2) is 34.5 Å². The molecule has 1 amide bonds. The van der Waals surface area contributed by atoms with Gasteiger partial charge in [-0.25, -0.2) is 13.1 Å². The first kappa shape index (κ1) is 18.9. The number of rotatable bonds is 7. The summed E-state index contributed by atoms with van der Waals surface area (Å²) in [6.07, 6.45) is 1.56. The minimum atomic E-state index is -3.73. The molecular weight excluding hydrogens is 368 g/mol. The maximum absolute atomic E-state index is 12.2. The second-order valence-corrected chi connectivity index (χ2v) is 8.80. The van der Waals surface area contributed by atoms with Crippen molar-refractivity contribution in [3.8, 4) is 0 Å². The average Bonchev–Trinajstić information content (AvgIpc) is 3.00. The maximum Gasteiger partial charge on any atom is 0.250 e. The number of halogens is 1. The number of amides is 1. The van der Waals surface area contributed by atoms with Gasteiger partial charge in [0.15, 0.2) is 0 Å². The summed E-state index contributed by atoms with van der Waals surface area (Å²) in [6, 6.07) is 8.77. The van der Waals surface area contributed by atoms with Gasteiger partial charge in [0.2, 0.25) is 5.91 Å². The number of hydrogen-bond acceptors (Lipinski definition) is 4. The zero-order valence-corrected chi connectivity index (χ0v) is 15.8. The average molecular weight is 387 g/mol. The van der Waals surface area contributed by atoms with Crippen molar-refractivity contribution in [2.45, 2.75) is 30.9 Å². The highest BCUT2D eigenvalue weighted by atomic mass is 35.5. The lowest BCUT2D eigenvalue weighted by molar-refractivity contribution is -0.115. The van der Waals surface area contributed by atoms with E-state index in [-0.39, 0.29) is 10.8 Å². The first-order valence-corrected chi connectivity index (χ1v) is 10.2. The molecule has 0 aliphatic carbocycles. The van der Waals surface area contributed by atoms with Gasteiger partial charge in [0.25, 0.3) is 10.0 Å². The van der Waals surface area contributed by atoms with Gasteiger partial charge in [-0.15, -0.1) is 11.3 Å². The van der Waals surface area contributed by atoms with Crippen LogP contribution in [0.5, 0.6) is 0 Å². The van der Waals surface area contributed by atoms with Gasteiger partial charge in [-0.1, -0.05) is 43.6 Å². The van der Waals surface area contributed by atoms with E-state index in [0.29, 0.717) is 4.34 Å². The molecular formula is C16H19ClN2O3S2. The Balaban J connectivity index is 2.07. The monoisotopic (exact) mass is 386 g/mol. The molecule has 8 heteroatoms. The molecule has 2 N–H and O–H groups in total. The van der Waals surface area contributed by atoms with Crippen molar-refractivity contribution in [2.24, 2.45) is 0 Å². The Morgan fingerprint density at radius 2 is 1.75 bits per heavy atom. The molecule has 1 aromatic carbocycles. The van der Waals surface area contributed by atoms with Crippen LogP contribution in [0.25, 0.3) is 0 Å². The number of sulfonamides is 1. The number of para-hydroxylation sites is 1. The third kappa shape index (κ3) is 4.57. The lowest BCUT2D eigenvalue weighted by atomic mass is 10.0. The molecule has 5 nitrogen and oxygen atoms in total. The van der Waals surface area contributed by atoms with E-state index in [2.05, 4.69) is 10.0 Å². The van der Waals surface area contributed by atoms with Gasteiger partial charge in [0, 0.05) is 5.69 Å². The van der Waals surface area contributed by atoms with Crippen LogP contribution in [0, 0.1) is 0 Å². The van der Waals surface area contributed by atoms with Crippen molar-refractivity contribution in [2.75, 3.05) is 11.9 Å². The largest absolute Gasteiger partial charge is 0.324 e. The number of thiophene rings is 1. The molecule has 0 fully saturated rings. The molecule has 0 aliphatic heterocycles. The van der Waals surface area contributed by atoms with Gasteiger partial charge in [0.1, 0.15) is 4.21 Å². The summed E-state index contributed by atoms with van der Waals surface area (Å²) < 4.78 is 27.0. The first-order chi connectivity index (χ1) is 11.4. The normalized spacial score (nSPS) is 11.5. The molecule has 2 aromatic rings. The highest BCUT2D eigenvalue weighted by molar-refractivity contribution is 7.91. The first-order valence-electron chi connectivity index (χ1n) is 7.53. The fourth-order valence-electron chi connectivity index (χ4n) is 2.26. The van der Waals surface area contributed by atoms with E-state index < -0.39 is 15.9 Å². The molecule has 0 spiro atoms. The zero-order valence-electron chi connectivity index (χ0n) is 13.4. The summed E-state index contributed by atoms with van der Waals surface area (Å²) in [4.78, 5) is 12.2. The third-order valence-electron chi connectivity index (χ3n) is 3.50. The van der Waals surface area contributed by atoms with Crippen LogP contribution in [0.2, 0.25) is 4.34 Å². The summed E-state index contributed by atoms with van der Waals surface area (Å²) in [7, 11) is -3.73. The molecule has 130 valence electrons. The van der Waals surface area contributed by atoms with Crippen molar-refractivity contribution >= 4 is 44.6 Å². The Kier molecular flexibility index (Phi) is 6.40. The second kappa shape index (κ2) is 8.11. The van der Waals surface area contributed by atoms with Gasteiger partial charge < -0.3 is 5.32 Å². The maximum atomic E-state index is 12.2. The standard InChI is InChI=1S/C16H19ClN2O3S2/c1-3-11-6-5-7-12(4-2)16(11)19-14(20)10-18-24(21,22)15-9-8-13(17)23-15/h5-9,18H,3-4,10H2,1-2H3,(H,19,20). The Bertz CT molecular complexity index is 809. The molecule has 0 saturated heterocycles. The van der Waals surface area contributed by atoms with E-state index in [1.54, 1.807) is 0 Å². The van der Waals surface area contributed by atoms with Crippen LogP contribution in [0.3, 0.4) is 0 Å². The molecule has 1 heterocycles. The van der Waals surface area contributed by atoms with Gasteiger partial charge >= 0.3 is 0 Å². The number of carbonyl (C=O) groups is 1. The fourth-order valence-corrected chi connectivity index (χ4v) is 4.77. The molecule has 1 aromatic heterocycles. The highest BCUT2D eigenvalue weighted by Crippen LogP contribution is 2.25. The van der Waals surface area contributed by atoms with Crippen LogP contribution < -0.4 is 10.0 Å². The Hall–Kier alpha value is -1.41. The predicted molar refractivity (Wildman–Crippen MR) is 98.3 cm³/mol. The quantitative estimate of drug-likeness (QED) is 0.765. The van der Waals surface area contributed by atoms with Crippen molar-refractivity contribution < 1.29 is 13.2 Å². The minimum absolute atomic E-state index is 0.0866. The van der Waals surface area contributed by atoms with Gasteiger partial charge in [0.05, 0.1) is 10.9 Å². The number of aryl methyl sites for hydroxylation is 2. The molecule has 0 saturated carbocycles. The van der Waals surface area contributed by atoms with Gasteiger partial charge in [-0.05, 0) is 36.1 Å². The van der Waals surface area contributed by atoms with Crippen molar-refractivity contribution in [1.82, 2.24) is 4.72 Å². The summed E-state index contributed by atoms with van der Waals surface area (Å²) in [6.45, 7) is 3.68. The topological polar surface area (TPSA) is 75.3 Å². The smallest absolute Gasteiger partial charge is 0.250 e. The molecule has 0 unspecified atom stereocenters. The Morgan fingerprint density at radius 1 is 1.12 bits per heavy atom. The number of anilines is 1. The van der Waals surface area contributed by atoms with E-state index >= 15 is 0 Å². The SMILES string of the molecule is CCc1cccc(CC)c1NC(=O)CNS(=O)(=O)c1ccc(Cl)s1. The molecule has 0 bridgehead atoms. The fraction of sp³-hybridized carbons (Fsp3) is 0.312.